The number of hydrogen-bond donors (Lipinski definition) is 1. The van der Waals surface area contributed by atoms with E-state index in [0.29, 0.717) is 11.4 Å². The third kappa shape index (κ3) is 2.78. The molecule has 0 aliphatic heterocycles. The van der Waals surface area contributed by atoms with Crippen molar-refractivity contribution >= 4 is 22.6 Å². The summed E-state index contributed by atoms with van der Waals surface area (Å²) in [5, 5.41) is 4.93. The van der Waals surface area contributed by atoms with Gasteiger partial charge in [0.25, 0.3) is 0 Å². The average molecular weight is 263 g/mol. The fraction of sp³-hybridized carbons (Fsp3) is 0. The molecule has 1 amide bonds. The number of benzene rings is 3. The Hall–Kier alpha value is -2.81. The minimum atomic E-state index is -0.494. The minimum absolute atomic E-state index is 0.494. The second-order valence-electron chi connectivity index (χ2n) is 4.39. The molecule has 0 aliphatic carbocycles. The second kappa shape index (κ2) is 5.45. The topological polar surface area (TPSA) is 38.3 Å². The lowest BCUT2D eigenvalue weighted by Gasteiger charge is -2.07. The quantitative estimate of drug-likeness (QED) is 0.741. The summed E-state index contributed by atoms with van der Waals surface area (Å²) in [6, 6.07) is 22.7. The molecule has 0 saturated carbocycles. The molecular formula is C17H13NO2. The molecule has 0 heterocycles. The maximum atomic E-state index is 11.8. The van der Waals surface area contributed by atoms with Gasteiger partial charge < -0.3 is 4.74 Å². The van der Waals surface area contributed by atoms with Gasteiger partial charge in [-0.15, -0.1) is 0 Å². The van der Waals surface area contributed by atoms with Crippen molar-refractivity contribution < 1.29 is 9.53 Å². The van der Waals surface area contributed by atoms with Gasteiger partial charge in [-0.1, -0.05) is 48.5 Å². The smallest absolute Gasteiger partial charge is 0.410 e. The largest absolute Gasteiger partial charge is 0.417 e. The monoisotopic (exact) mass is 263 g/mol. The van der Waals surface area contributed by atoms with Gasteiger partial charge >= 0.3 is 6.09 Å². The zero-order valence-electron chi connectivity index (χ0n) is 10.7. The molecule has 0 radical (unpaired) electrons. The molecule has 3 rings (SSSR count). The first-order valence-corrected chi connectivity index (χ1v) is 6.34. The van der Waals surface area contributed by atoms with E-state index in [1.165, 1.54) is 0 Å². The molecule has 0 spiro atoms. The maximum Gasteiger partial charge on any atom is 0.417 e. The third-order valence-corrected chi connectivity index (χ3v) is 2.95. The van der Waals surface area contributed by atoms with Crippen LogP contribution in [0, 0.1) is 0 Å². The van der Waals surface area contributed by atoms with Gasteiger partial charge in [0.2, 0.25) is 0 Å². The normalized spacial score (nSPS) is 10.2. The molecule has 0 aromatic heterocycles. The van der Waals surface area contributed by atoms with Crippen LogP contribution >= 0.6 is 0 Å². The zero-order chi connectivity index (χ0) is 13.8. The van der Waals surface area contributed by atoms with Crippen LogP contribution < -0.4 is 10.1 Å². The molecule has 0 atom stereocenters. The average Bonchev–Trinajstić information content (AvgIpc) is 2.48. The summed E-state index contributed by atoms with van der Waals surface area (Å²) in [6.07, 6.45) is -0.494. The predicted octanol–water partition coefficient (Wildman–Crippen LogP) is 4.45. The number of ether oxygens (including phenoxy) is 1. The first-order valence-electron chi connectivity index (χ1n) is 6.34. The Morgan fingerprint density at radius 1 is 0.800 bits per heavy atom. The minimum Gasteiger partial charge on any atom is -0.410 e. The standard InChI is InChI=1S/C17H13NO2/c19-17(20-16-8-2-1-3-9-16)18-15-11-10-13-6-4-5-7-14(13)12-15/h1-12H,(H,18,19). The number of hydrogen-bond acceptors (Lipinski definition) is 2. The van der Waals surface area contributed by atoms with E-state index in [0.717, 1.165) is 10.8 Å². The highest BCUT2D eigenvalue weighted by Crippen LogP contribution is 2.19. The Labute approximate surface area is 116 Å². The Bertz CT molecular complexity index is 738. The second-order valence-corrected chi connectivity index (χ2v) is 4.39. The van der Waals surface area contributed by atoms with Crippen molar-refractivity contribution in [3.8, 4) is 5.75 Å². The lowest BCUT2D eigenvalue weighted by Crippen LogP contribution is -2.16. The van der Waals surface area contributed by atoms with Gasteiger partial charge in [0.15, 0.2) is 0 Å². The van der Waals surface area contributed by atoms with Crippen LogP contribution in [0.1, 0.15) is 0 Å². The van der Waals surface area contributed by atoms with Crippen LogP contribution in [-0.4, -0.2) is 6.09 Å². The van der Waals surface area contributed by atoms with E-state index >= 15 is 0 Å². The summed E-state index contributed by atoms with van der Waals surface area (Å²) < 4.78 is 5.18. The van der Waals surface area contributed by atoms with Crippen LogP contribution in [0.5, 0.6) is 5.75 Å². The summed E-state index contributed by atoms with van der Waals surface area (Å²) in [7, 11) is 0. The maximum absolute atomic E-state index is 11.8. The highest BCUT2D eigenvalue weighted by atomic mass is 16.6. The van der Waals surface area contributed by atoms with E-state index in [-0.39, 0.29) is 0 Å². The number of carbonyl (C=O) groups excluding carboxylic acids is 1. The van der Waals surface area contributed by atoms with Crippen molar-refractivity contribution in [2.24, 2.45) is 0 Å². The van der Waals surface area contributed by atoms with E-state index < -0.39 is 6.09 Å². The van der Waals surface area contributed by atoms with Crippen molar-refractivity contribution in [2.45, 2.75) is 0 Å². The SMILES string of the molecule is O=C(Nc1ccc2ccccc2c1)Oc1ccccc1. The molecule has 3 nitrogen and oxygen atoms in total. The molecule has 0 unspecified atom stereocenters. The Morgan fingerprint density at radius 3 is 2.30 bits per heavy atom. The first kappa shape index (κ1) is 12.2. The first-order chi connectivity index (χ1) is 9.81. The highest BCUT2D eigenvalue weighted by molar-refractivity contribution is 5.91. The third-order valence-electron chi connectivity index (χ3n) is 2.95. The number of anilines is 1. The van der Waals surface area contributed by atoms with Crippen LogP contribution in [0.4, 0.5) is 10.5 Å². The fourth-order valence-electron chi connectivity index (χ4n) is 2.01. The van der Waals surface area contributed by atoms with Gasteiger partial charge in [-0.05, 0) is 35.0 Å². The molecular weight excluding hydrogens is 250 g/mol. The van der Waals surface area contributed by atoms with Gasteiger partial charge in [-0.3, -0.25) is 5.32 Å². The van der Waals surface area contributed by atoms with E-state index in [1.54, 1.807) is 12.1 Å². The molecule has 3 aromatic carbocycles. The molecule has 0 bridgehead atoms. The van der Waals surface area contributed by atoms with E-state index in [4.69, 9.17) is 4.74 Å². The Kier molecular flexibility index (Phi) is 3.33. The molecule has 98 valence electrons. The molecule has 1 N–H and O–H groups in total. The molecule has 0 saturated heterocycles. The van der Waals surface area contributed by atoms with Gasteiger partial charge in [-0.25, -0.2) is 4.79 Å². The van der Waals surface area contributed by atoms with E-state index in [9.17, 15) is 4.79 Å². The van der Waals surface area contributed by atoms with Crippen molar-refractivity contribution in [1.29, 1.82) is 0 Å². The lowest BCUT2D eigenvalue weighted by atomic mass is 10.1. The van der Waals surface area contributed by atoms with Crippen molar-refractivity contribution in [3.63, 3.8) is 0 Å². The Morgan fingerprint density at radius 2 is 1.50 bits per heavy atom. The van der Waals surface area contributed by atoms with Crippen molar-refractivity contribution in [3.05, 3.63) is 72.8 Å². The van der Waals surface area contributed by atoms with Crippen LogP contribution in [0.2, 0.25) is 0 Å². The number of carbonyl (C=O) groups is 1. The number of nitrogens with one attached hydrogen (secondary N) is 1. The summed E-state index contributed by atoms with van der Waals surface area (Å²) >= 11 is 0. The van der Waals surface area contributed by atoms with E-state index in [1.807, 2.05) is 60.7 Å². The number of fused-ring (bicyclic) bond motifs is 1. The van der Waals surface area contributed by atoms with Gasteiger partial charge in [0.1, 0.15) is 5.75 Å². The number of para-hydroxylation sites is 1. The van der Waals surface area contributed by atoms with Crippen LogP contribution in [0.25, 0.3) is 10.8 Å². The summed E-state index contributed by atoms with van der Waals surface area (Å²) in [5.41, 5.74) is 0.713. The number of amides is 1. The van der Waals surface area contributed by atoms with Gasteiger partial charge in [-0.2, -0.15) is 0 Å². The predicted molar refractivity (Wildman–Crippen MR) is 80.0 cm³/mol. The van der Waals surface area contributed by atoms with Gasteiger partial charge in [0, 0.05) is 5.69 Å². The molecule has 0 fully saturated rings. The van der Waals surface area contributed by atoms with Crippen molar-refractivity contribution in [1.82, 2.24) is 0 Å². The molecule has 20 heavy (non-hydrogen) atoms. The highest BCUT2D eigenvalue weighted by Gasteiger charge is 2.05. The zero-order valence-corrected chi connectivity index (χ0v) is 10.7. The Balaban J connectivity index is 1.74. The molecule has 3 heteroatoms. The summed E-state index contributed by atoms with van der Waals surface area (Å²) in [5.74, 6) is 0.519. The number of rotatable bonds is 2. The molecule has 0 aliphatic rings. The van der Waals surface area contributed by atoms with Crippen LogP contribution in [0.3, 0.4) is 0 Å². The summed E-state index contributed by atoms with van der Waals surface area (Å²) in [6.45, 7) is 0. The molecule has 3 aromatic rings. The summed E-state index contributed by atoms with van der Waals surface area (Å²) in [4.78, 5) is 11.8. The van der Waals surface area contributed by atoms with Gasteiger partial charge in [0.05, 0.1) is 0 Å². The fourth-order valence-corrected chi connectivity index (χ4v) is 2.01. The van der Waals surface area contributed by atoms with Crippen LogP contribution in [-0.2, 0) is 0 Å². The van der Waals surface area contributed by atoms with Crippen molar-refractivity contribution in [2.75, 3.05) is 5.32 Å². The van der Waals surface area contributed by atoms with E-state index in [2.05, 4.69) is 5.32 Å². The van der Waals surface area contributed by atoms with Crippen LogP contribution in [0.15, 0.2) is 72.8 Å². The lowest BCUT2D eigenvalue weighted by molar-refractivity contribution is 0.215.